The van der Waals surface area contributed by atoms with Crippen molar-refractivity contribution >= 4 is 17.7 Å². The molecule has 0 spiro atoms. The van der Waals surface area contributed by atoms with Gasteiger partial charge in [0.15, 0.2) is 0 Å². The van der Waals surface area contributed by atoms with Crippen LogP contribution in [0.2, 0.25) is 0 Å². The lowest BCUT2D eigenvalue weighted by Crippen LogP contribution is -2.66. The molecule has 2 aliphatic rings. The number of amides is 3. The van der Waals surface area contributed by atoms with E-state index in [-0.39, 0.29) is 37.4 Å². The Morgan fingerprint density at radius 3 is 2.81 bits per heavy atom. The molecule has 10 nitrogen and oxygen atoms in total. The minimum absolute atomic E-state index is 0.0222. The maximum Gasteiger partial charge on any atom is 0.246 e. The number of hydrogen-bond acceptors (Lipinski definition) is 6. The summed E-state index contributed by atoms with van der Waals surface area (Å²) in [5.74, 6) is -0.118. The number of tetrazole rings is 1. The van der Waals surface area contributed by atoms with E-state index >= 15 is 0 Å². The van der Waals surface area contributed by atoms with Crippen LogP contribution in [-0.2, 0) is 20.9 Å². The largest absolute Gasteiger partial charge is 0.345 e. The van der Waals surface area contributed by atoms with Crippen LogP contribution in [0.1, 0.15) is 0 Å². The minimum atomic E-state index is -0.627. The smallest absolute Gasteiger partial charge is 0.246 e. The first kappa shape index (κ1) is 16.2. The Bertz CT molecular complexity index is 851. The molecule has 1 unspecified atom stereocenters. The van der Waals surface area contributed by atoms with Crippen molar-refractivity contribution in [3.05, 3.63) is 30.3 Å². The van der Waals surface area contributed by atoms with Crippen LogP contribution in [-0.4, -0.2) is 79.9 Å². The first-order chi connectivity index (χ1) is 12.6. The number of nitrogens with zero attached hydrogens (tertiary/aromatic N) is 6. The molecule has 3 heterocycles. The molecule has 1 aromatic carbocycles. The van der Waals surface area contributed by atoms with Crippen molar-refractivity contribution in [1.82, 2.24) is 35.3 Å². The minimum Gasteiger partial charge on any atom is -0.345 e. The van der Waals surface area contributed by atoms with E-state index in [4.69, 9.17) is 0 Å². The number of fused-ring (bicyclic) bond motifs is 1. The first-order valence-electron chi connectivity index (χ1n) is 8.30. The summed E-state index contributed by atoms with van der Waals surface area (Å²) in [5, 5.41) is 14.7. The average molecular weight is 355 g/mol. The molecule has 2 aromatic rings. The maximum atomic E-state index is 12.5. The van der Waals surface area contributed by atoms with Gasteiger partial charge in [-0.3, -0.25) is 14.4 Å². The van der Waals surface area contributed by atoms with Gasteiger partial charge in [-0.1, -0.05) is 30.3 Å². The van der Waals surface area contributed by atoms with Crippen LogP contribution in [0.25, 0.3) is 11.4 Å². The van der Waals surface area contributed by atoms with Crippen molar-refractivity contribution in [3.8, 4) is 11.4 Å². The van der Waals surface area contributed by atoms with Crippen molar-refractivity contribution in [2.24, 2.45) is 0 Å². The molecular weight excluding hydrogens is 338 g/mol. The molecule has 0 aliphatic carbocycles. The first-order valence-corrected chi connectivity index (χ1v) is 8.30. The quantitative estimate of drug-likeness (QED) is 0.718. The van der Waals surface area contributed by atoms with Gasteiger partial charge < -0.3 is 15.1 Å². The predicted molar refractivity (Wildman–Crippen MR) is 88.3 cm³/mol. The van der Waals surface area contributed by atoms with E-state index < -0.39 is 6.04 Å². The second-order valence-corrected chi connectivity index (χ2v) is 6.17. The molecule has 0 radical (unpaired) electrons. The molecular formula is C16H17N7O3. The lowest BCUT2D eigenvalue weighted by atomic mass is 10.1. The Labute approximate surface area is 148 Å². The van der Waals surface area contributed by atoms with Crippen LogP contribution in [0, 0.1) is 0 Å². The highest BCUT2D eigenvalue weighted by Crippen LogP contribution is 2.15. The molecule has 134 valence electrons. The molecule has 3 amide bonds. The zero-order chi connectivity index (χ0) is 18.1. The van der Waals surface area contributed by atoms with Crippen LogP contribution in [0.15, 0.2) is 30.3 Å². The summed E-state index contributed by atoms with van der Waals surface area (Å²) in [7, 11) is 0. The Balaban J connectivity index is 1.42. The molecule has 0 bridgehead atoms. The Kier molecular flexibility index (Phi) is 4.07. The highest BCUT2D eigenvalue weighted by Gasteiger charge is 2.39. The molecule has 2 fully saturated rings. The van der Waals surface area contributed by atoms with Gasteiger partial charge in [0.2, 0.25) is 23.5 Å². The maximum absolute atomic E-state index is 12.5. The fraction of sp³-hybridized carbons (Fsp3) is 0.375. The number of aromatic nitrogens is 4. The fourth-order valence-corrected chi connectivity index (χ4v) is 3.15. The van der Waals surface area contributed by atoms with Crippen LogP contribution in [0.5, 0.6) is 0 Å². The van der Waals surface area contributed by atoms with Gasteiger partial charge in [0.05, 0.1) is 13.1 Å². The molecule has 26 heavy (non-hydrogen) atoms. The Morgan fingerprint density at radius 1 is 1.19 bits per heavy atom. The van der Waals surface area contributed by atoms with Crippen LogP contribution in [0.3, 0.4) is 0 Å². The van der Waals surface area contributed by atoms with Crippen molar-refractivity contribution in [1.29, 1.82) is 0 Å². The van der Waals surface area contributed by atoms with Gasteiger partial charge in [-0.15, -0.1) is 10.2 Å². The number of benzene rings is 1. The van der Waals surface area contributed by atoms with E-state index in [9.17, 15) is 14.4 Å². The van der Waals surface area contributed by atoms with Crippen molar-refractivity contribution in [3.63, 3.8) is 0 Å². The molecule has 1 N–H and O–H groups in total. The van der Waals surface area contributed by atoms with Crippen LogP contribution in [0.4, 0.5) is 0 Å². The summed E-state index contributed by atoms with van der Waals surface area (Å²) in [6.45, 7) is 0.866. The molecule has 10 heteroatoms. The van der Waals surface area contributed by atoms with Gasteiger partial charge in [0.1, 0.15) is 12.6 Å². The lowest BCUT2D eigenvalue weighted by molar-refractivity contribution is -0.152. The van der Waals surface area contributed by atoms with Gasteiger partial charge in [0.25, 0.3) is 0 Å². The monoisotopic (exact) mass is 355 g/mol. The summed E-state index contributed by atoms with van der Waals surface area (Å²) < 4.78 is 0. The highest BCUT2D eigenvalue weighted by molar-refractivity contribution is 5.95. The number of hydrogen-bond donors (Lipinski definition) is 1. The topological polar surface area (TPSA) is 113 Å². The van der Waals surface area contributed by atoms with Crippen LogP contribution >= 0.6 is 0 Å². The van der Waals surface area contributed by atoms with Gasteiger partial charge in [-0.2, -0.15) is 4.80 Å². The van der Waals surface area contributed by atoms with Crippen LogP contribution < -0.4 is 5.32 Å². The zero-order valence-electron chi connectivity index (χ0n) is 13.9. The standard InChI is InChI=1S/C16H17N7O3/c24-13-8-17-16(26)12-9-21(6-7-22(12)13)14(25)10-23-19-15(18-20-23)11-4-2-1-3-5-11/h1-5,12H,6-10H2,(H,17,26). The summed E-state index contributed by atoms with van der Waals surface area (Å²) in [4.78, 5) is 40.7. The second kappa shape index (κ2) is 6.54. The number of piperazine rings is 2. The van der Waals surface area contributed by atoms with E-state index in [1.165, 1.54) is 9.70 Å². The molecule has 4 rings (SSSR count). The second-order valence-electron chi connectivity index (χ2n) is 6.17. The molecule has 2 aliphatic heterocycles. The third kappa shape index (κ3) is 3.01. The van der Waals surface area contributed by atoms with E-state index in [0.717, 1.165) is 5.56 Å². The highest BCUT2D eigenvalue weighted by atomic mass is 16.2. The summed E-state index contributed by atoms with van der Waals surface area (Å²) in [5.41, 5.74) is 0.817. The van der Waals surface area contributed by atoms with Gasteiger partial charge in [-0.25, -0.2) is 0 Å². The van der Waals surface area contributed by atoms with Gasteiger partial charge in [-0.05, 0) is 5.21 Å². The molecule has 1 aromatic heterocycles. The van der Waals surface area contributed by atoms with E-state index in [1.807, 2.05) is 30.3 Å². The third-order valence-electron chi connectivity index (χ3n) is 4.53. The SMILES string of the molecule is O=C1NCC(=O)N2CCN(C(=O)Cn3nnc(-c4ccccc4)n3)CC12. The molecule has 2 saturated heterocycles. The number of rotatable bonds is 3. The Hall–Kier alpha value is -3.30. The van der Waals surface area contributed by atoms with Crippen molar-refractivity contribution < 1.29 is 14.4 Å². The van der Waals surface area contributed by atoms with E-state index in [2.05, 4.69) is 20.7 Å². The van der Waals surface area contributed by atoms with Crippen molar-refractivity contribution in [2.45, 2.75) is 12.6 Å². The molecule has 1 atom stereocenters. The normalized spacial score (nSPS) is 19.9. The summed E-state index contributed by atoms with van der Waals surface area (Å²) >= 11 is 0. The Morgan fingerprint density at radius 2 is 2.00 bits per heavy atom. The fourth-order valence-electron chi connectivity index (χ4n) is 3.15. The molecule has 0 saturated carbocycles. The van der Waals surface area contributed by atoms with E-state index in [0.29, 0.717) is 18.9 Å². The predicted octanol–water partition coefficient (Wildman–Crippen LogP) is -1.49. The summed E-state index contributed by atoms with van der Waals surface area (Å²) in [6, 6.07) is 8.73. The van der Waals surface area contributed by atoms with Gasteiger partial charge in [0, 0.05) is 18.7 Å². The van der Waals surface area contributed by atoms with Gasteiger partial charge >= 0.3 is 0 Å². The lowest BCUT2D eigenvalue weighted by Gasteiger charge is -2.42. The van der Waals surface area contributed by atoms with E-state index in [1.54, 1.807) is 4.90 Å². The number of nitrogens with one attached hydrogen (secondary N) is 1. The van der Waals surface area contributed by atoms with Crippen molar-refractivity contribution in [2.75, 3.05) is 26.2 Å². The number of carbonyl (C=O) groups is 3. The zero-order valence-corrected chi connectivity index (χ0v) is 13.9. The average Bonchev–Trinajstić information content (AvgIpc) is 3.14. The summed E-state index contributed by atoms with van der Waals surface area (Å²) in [6.07, 6.45) is 0. The third-order valence-corrected chi connectivity index (χ3v) is 4.53. The number of carbonyl (C=O) groups excluding carboxylic acids is 3.